The molecule has 0 unspecified atom stereocenters. The zero-order valence-electron chi connectivity index (χ0n) is 24.2. The van der Waals surface area contributed by atoms with Crippen LogP contribution in [0, 0.1) is 0 Å². The standard InChI is InChI=1S/C31H34N4O7/c1-17(36)33-20-7-6-8-21(14-20)35-28(39)16-32-25-12-10-22-23(15-26(25)38)24(34-18(2)37)11-9-19-13-27(40-3)30(41-4)31(42-5)29(19)22/h6-8,10,12-15,24H,9,11,16H2,1-5H3,(H,32,38)(H,33,36)(H,34,37)(H,35,39)/t24-/m0/s1. The monoisotopic (exact) mass is 574 g/mol. The van der Waals surface area contributed by atoms with Gasteiger partial charge in [0, 0.05) is 30.8 Å². The molecule has 4 rings (SSSR count). The molecule has 0 saturated carbocycles. The van der Waals surface area contributed by atoms with Gasteiger partial charge in [0.15, 0.2) is 11.5 Å². The lowest BCUT2D eigenvalue weighted by Crippen LogP contribution is -2.27. The second kappa shape index (κ2) is 13.1. The summed E-state index contributed by atoms with van der Waals surface area (Å²) in [4.78, 5) is 49.6. The van der Waals surface area contributed by atoms with Crippen LogP contribution in [-0.4, -0.2) is 45.6 Å². The maximum absolute atomic E-state index is 13.4. The maximum Gasteiger partial charge on any atom is 0.243 e. The summed E-state index contributed by atoms with van der Waals surface area (Å²) in [5, 5.41) is 11.3. The molecular formula is C31H34N4O7. The Labute approximate surface area is 243 Å². The van der Waals surface area contributed by atoms with Crippen molar-refractivity contribution in [3.63, 3.8) is 0 Å². The van der Waals surface area contributed by atoms with Crippen molar-refractivity contribution in [2.45, 2.75) is 32.7 Å². The van der Waals surface area contributed by atoms with Gasteiger partial charge in [0.05, 0.1) is 39.6 Å². The van der Waals surface area contributed by atoms with Gasteiger partial charge in [-0.3, -0.25) is 19.2 Å². The first-order valence-corrected chi connectivity index (χ1v) is 13.3. The van der Waals surface area contributed by atoms with Gasteiger partial charge in [-0.1, -0.05) is 12.1 Å². The first-order chi connectivity index (χ1) is 20.1. The Morgan fingerprint density at radius 1 is 0.857 bits per heavy atom. The fourth-order valence-electron chi connectivity index (χ4n) is 5.11. The molecule has 0 spiro atoms. The number of ether oxygens (including phenoxy) is 3. The highest BCUT2D eigenvalue weighted by molar-refractivity contribution is 5.95. The molecule has 1 aliphatic rings. The van der Waals surface area contributed by atoms with E-state index in [1.54, 1.807) is 43.5 Å². The Bertz CT molecular complexity index is 1590. The smallest absolute Gasteiger partial charge is 0.243 e. The molecule has 11 heteroatoms. The number of aryl methyl sites for hydroxylation is 1. The molecule has 0 fully saturated rings. The summed E-state index contributed by atoms with van der Waals surface area (Å²) in [5.41, 5.74) is 3.83. The predicted octanol–water partition coefficient (Wildman–Crippen LogP) is 3.87. The topological polar surface area (TPSA) is 144 Å². The van der Waals surface area contributed by atoms with E-state index in [4.69, 9.17) is 14.2 Å². The fourth-order valence-corrected chi connectivity index (χ4v) is 5.11. The van der Waals surface area contributed by atoms with Gasteiger partial charge in [-0.2, -0.15) is 0 Å². The van der Waals surface area contributed by atoms with E-state index in [-0.39, 0.29) is 35.4 Å². The van der Waals surface area contributed by atoms with Crippen LogP contribution in [0.2, 0.25) is 0 Å². The minimum atomic E-state index is -0.446. The van der Waals surface area contributed by atoms with E-state index in [0.717, 1.165) is 11.1 Å². The summed E-state index contributed by atoms with van der Waals surface area (Å²) in [7, 11) is 4.60. The Morgan fingerprint density at radius 2 is 1.57 bits per heavy atom. The van der Waals surface area contributed by atoms with Gasteiger partial charge in [0.2, 0.25) is 28.9 Å². The molecule has 0 saturated heterocycles. The van der Waals surface area contributed by atoms with Crippen LogP contribution >= 0.6 is 0 Å². The third-order valence-electron chi connectivity index (χ3n) is 6.82. The number of fused-ring (bicyclic) bond motifs is 3. The van der Waals surface area contributed by atoms with Crippen LogP contribution in [0.25, 0.3) is 11.1 Å². The summed E-state index contributed by atoms with van der Waals surface area (Å²) in [6, 6.07) is 13.1. The Kier molecular flexibility index (Phi) is 9.31. The number of carbonyl (C=O) groups is 3. The number of benzene rings is 2. The molecule has 1 aliphatic carbocycles. The second-order valence-corrected chi connectivity index (χ2v) is 9.76. The molecule has 42 heavy (non-hydrogen) atoms. The molecular weight excluding hydrogens is 540 g/mol. The van der Waals surface area contributed by atoms with Gasteiger partial charge in [-0.25, -0.2) is 0 Å². The molecule has 11 nitrogen and oxygen atoms in total. The van der Waals surface area contributed by atoms with E-state index in [0.29, 0.717) is 52.6 Å². The zero-order valence-corrected chi connectivity index (χ0v) is 24.2. The van der Waals surface area contributed by atoms with E-state index in [9.17, 15) is 19.2 Å². The molecule has 3 aromatic carbocycles. The summed E-state index contributed by atoms with van der Waals surface area (Å²) >= 11 is 0. The molecule has 220 valence electrons. The van der Waals surface area contributed by atoms with Crippen molar-refractivity contribution in [2.75, 3.05) is 43.8 Å². The van der Waals surface area contributed by atoms with Crippen molar-refractivity contribution in [3.05, 3.63) is 69.9 Å². The van der Waals surface area contributed by atoms with Gasteiger partial charge < -0.3 is 35.5 Å². The first-order valence-electron chi connectivity index (χ1n) is 13.3. The number of nitrogens with one attached hydrogen (secondary N) is 4. The zero-order chi connectivity index (χ0) is 30.4. The average molecular weight is 575 g/mol. The van der Waals surface area contributed by atoms with Crippen molar-refractivity contribution in [2.24, 2.45) is 0 Å². The molecule has 1 atom stereocenters. The van der Waals surface area contributed by atoms with Crippen LogP contribution in [-0.2, 0) is 20.8 Å². The molecule has 3 amide bonds. The molecule has 3 aromatic rings. The molecule has 0 aliphatic heterocycles. The molecule has 0 heterocycles. The highest BCUT2D eigenvalue weighted by Gasteiger charge is 2.29. The van der Waals surface area contributed by atoms with E-state index in [2.05, 4.69) is 21.3 Å². The summed E-state index contributed by atoms with van der Waals surface area (Å²) in [6.45, 7) is 2.65. The minimum absolute atomic E-state index is 0.186. The number of amides is 3. The Balaban J connectivity index is 1.71. The van der Waals surface area contributed by atoms with Crippen molar-refractivity contribution in [3.8, 4) is 28.4 Å². The van der Waals surface area contributed by atoms with Crippen molar-refractivity contribution in [1.82, 2.24) is 5.32 Å². The summed E-state index contributed by atoms with van der Waals surface area (Å²) in [5.74, 6) is 0.531. The highest BCUT2D eigenvalue weighted by atomic mass is 16.5. The summed E-state index contributed by atoms with van der Waals surface area (Å²) in [6.07, 6.45) is 1.11. The SMILES string of the molecule is COc1cc2c(c(OC)c1OC)-c1ccc(NCC(=O)Nc3cccc(NC(C)=O)c3)c(=O)cc1[C@@H](NC(C)=O)CC2. The summed E-state index contributed by atoms with van der Waals surface area (Å²) < 4.78 is 17.0. The number of methoxy groups -OCH3 is 3. The van der Waals surface area contributed by atoms with Gasteiger partial charge >= 0.3 is 0 Å². The van der Waals surface area contributed by atoms with E-state index >= 15 is 0 Å². The lowest BCUT2D eigenvalue weighted by atomic mass is 9.95. The van der Waals surface area contributed by atoms with Crippen molar-refractivity contribution < 1.29 is 28.6 Å². The fraction of sp³-hybridized carbons (Fsp3) is 0.290. The highest BCUT2D eigenvalue weighted by Crippen LogP contribution is 2.50. The second-order valence-electron chi connectivity index (χ2n) is 9.76. The third-order valence-corrected chi connectivity index (χ3v) is 6.82. The van der Waals surface area contributed by atoms with Crippen LogP contribution < -0.4 is 40.9 Å². The number of rotatable bonds is 9. The van der Waals surface area contributed by atoms with E-state index in [1.807, 2.05) is 6.07 Å². The van der Waals surface area contributed by atoms with Gasteiger partial charge in [-0.05, 0) is 65.9 Å². The van der Waals surface area contributed by atoms with E-state index in [1.165, 1.54) is 34.1 Å². The first kappa shape index (κ1) is 29.9. The Hall–Kier alpha value is -5.06. The lowest BCUT2D eigenvalue weighted by Gasteiger charge is -2.19. The van der Waals surface area contributed by atoms with Crippen LogP contribution in [0.5, 0.6) is 17.2 Å². The average Bonchev–Trinajstić information content (AvgIpc) is 3.19. The molecule has 0 bridgehead atoms. The maximum atomic E-state index is 13.4. The van der Waals surface area contributed by atoms with Crippen LogP contribution in [0.1, 0.15) is 37.4 Å². The van der Waals surface area contributed by atoms with Gasteiger partial charge in [0.1, 0.15) is 0 Å². The number of carbonyl (C=O) groups excluding carboxylic acids is 3. The van der Waals surface area contributed by atoms with Crippen molar-refractivity contribution in [1.29, 1.82) is 0 Å². The minimum Gasteiger partial charge on any atom is -0.493 e. The quantitative estimate of drug-likeness (QED) is 0.302. The van der Waals surface area contributed by atoms with Crippen LogP contribution in [0.3, 0.4) is 0 Å². The van der Waals surface area contributed by atoms with Crippen molar-refractivity contribution >= 4 is 34.8 Å². The van der Waals surface area contributed by atoms with Gasteiger partial charge in [0.25, 0.3) is 0 Å². The number of hydrogen-bond donors (Lipinski definition) is 4. The third kappa shape index (κ3) is 6.63. The largest absolute Gasteiger partial charge is 0.493 e. The van der Waals surface area contributed by atoms with Crippen LogP contribution in [0.4, 0.5) is 17.1 Å². The predicted molar refractivity (Wildman–Crippen MR) is 161 cm³/mol. The van der Waals surface area contributed by atoms with E-state index < -0.39 is 6.04 Å². The number of anilines is 3. The van der Waals surface area contributed by atoms with Crippen LogP contribution in [0.15, 0.2) is 53.3 Å². The molecule has 4 N–H and O–H groups in total. The lowest BCUT2D eigenvalue weighted by molar-refractivity contribution is -0.120. The Morgan fingerprint density at radius 3 is 2.21 bits per heavy atom. The number of hydrogen-bond acceptors (Lipinski definition) is 8. The molecule has 0 radical (unpaired) electrons. The normalized spacial score (nSPS) is 13.4. The molecule has 0 aromatic heterocycles. The van der Waals surface area contributed by atoms with Gasteiger partial charge in [-0.15, -0.1) is 0 Å².